The third-order valence-electron chi connectivity index (χ3n) is 4.84. The van der Waals surface area contributed by atoms with Crippen LogP contribution in [-0.2, 0) is 21.5 Å². The predicted molar refractivity (Wildman–Crippen MR) is 114 cm³/mol. The van der Waals surface area contributed by atoms with Gasteiger partial charge in [-0.3, -0.25) is 9.36 Å². The smallest absolute Gasteiger partial charge is 0.331 e. The van der Waals surface area contributed by atoms with Gasteiger partial charge in [-0.15, -0.1) is 11.3 Å². The molecule has 0 bridgehead atoms. The Kier molecular flexibility index (Phi) is 5.70. The number of thiophene rings is 1. The third kappa shape index (κ3) is 3.37. The van der Waals surface area contributed by atoms with Crippen LogP contribution in [0.5, 0.6) is 0 Å². The van der Waals surface area contributed by atoms with Crippen molar-refractivity contribution < 1.29 is 9.53 Å². The maximum absolute atomic E-state index is 13.7. The lowest BCUT2D eigenvalue weighted by Gasteiger charge is -2.27. The topological polar surface area (TPSA) is 61.2 Å². The van der Waals surface area contributed by atoms with Crippen LogP contribution in [0.25, 0.3) is 21.3 Å². The summed E-state index contributed by atoms with van der Waals surface area (Å²) < 4.78 is 6.79. The van der Waals surface area contributed by atoms with Crippen molar-refractivity contribution in [2.24, 2.45) is 0 Å². The molecule has 28 heavy (non-hydrogen) atoms. The highest BCUT2D eigenvalue weighted by Gasteiger charge is 2.36. The molecule has 0 unspecified atom stereocenters. The van der Waals surface area contributed by atoms with Crippen molar-refractivity contribution in [1.82, 2.24) is 9.55 Å². The van der Waals surface area contributed by atoms with E-state index in [1.807, 2.05) is 44.2 Å². The lowest BCUT2D eigenvalue weighted by Crippen LogP contribution is -2.45. The van der Waals surface area contributed by atoms with E-state index in [0.29, 0.717) is 17.6 Å². The molecule has 0 radical (unpaired) electrons. The summed E-state index contributed by atoms with van der Waals surface area (Å²) in [6.07, 6.45) is 1.44. The van der Waals surface area contributed by atoms with Gasteiger partial charge in [0.05, 0.1) is 12.0 Å². The first kappa shape index (κ1) is 20.3. The largest absolute Gasteiger partial charge is 0.464 e. The fraction of sp³-hybridized carbons (Fsp3) is 0.409. The second-order valence-electron chi connectivity index (χ2n) is 7.28. The molecule has 0 aliphatic rings. The molecule has 0 spiro atoms. The summed E-state index contributed by atoms with van der Waals surface area (Å²) in [5.74, 6) is 0.197. The lowest BCUT2D eigenvalue weighted by molar-refractivity contribution is -0.152. The van der Waals surface area contributed by atoms with E-state index in [9.17, 15) is 9.59 Å². The van der Waals surface area contributed by atoms with Crippen molar-refractivity contribution >= 4 is 27.5 Å². The average molecular weight is 399 g/mol. The minimum Gasteiger partial charge on any atom is -0.464 e. The van der Waals surface area contributed by atoms with Gasteiger partial charge in [0.2, 0.25) is 0 Å². The van der Waals surface area contributed by atoms with E-state index in [0.717, 1.165) is 27.3 Å². The Morgan fingerprint density at radius 3 is 2.50 bits per heavy atom. The van der Waals surface area contributed by atoms with Gasteiger partial charge < -0.3 is 4.74 Å². The highest BCUT2D eigenvalue weighted by Crippen LogP contribution is 2.36. The molecule has 0 N–H and O–H groups in total. The van der Waals surface area contributed by atoms with E-state index >= 15 is 0 Å². The van der Waals surface area contributed by atoms with Crippen LogP contribution in [0.4, 0.5) is 0 Å². The van der Waals surface area contributed by atoms with E-state index in [1.165, 1.54) is 15.9 Å². The molecule has 1 aromatic carbocycles. The van der Waals surface area contributed by atoms with Crippen LogP contribution in [0, 0.1) is 6.92 Å². The van der Waals surface area contributed by atoms with E-state index in [4.69, 9.17) is 9.72 Å². The molecule has 3 aromatic rings. The van der Waals surface area contributed by atoms with Gasteiger partial charge in [-0.25, -0.2) is 9.78 Å². The first-order valence-corrected chi connectivity index (χ1v) is 10.4. The molecular weight excluding hydrogens is 372 g/mol. The molecule has 0 amide bonds. The first-order chi connectivity index (χ1) is 13.3. The maximum Gasteiger partial charge on any atom is 0.331 e. The predicted octanol–water partition coefficient (Wildman–Crippen LogP) is 4.68. The van der Waals surface area contributed by atoms with Gasteiger partial charge >= 0.3 is 5.97 Å². The Hall–Kier alpha value is -2.47. The minimum absolute atomic E-state index is 0.185. The standard InChI is InChI=1S/C22H26N2O3S/c1-6-11-16-23-19-18(17(14(3)28-19)15-12-9-8-10-13-15)20(25)24(16)22(4,5)21(26)27-7-2/h8-10,12-13H,6-7,11H2,1-5H3. The molecule has 148 valence electrons. The highest BCUT2D eigenvalue weighted by atomic mass is 32.1. The zero-order valence-corrected chi connectivity index (χ0v) is 17.9. The minimum atomic E-state index is -1.14. The number of hydrogen-bond acceptors (Lipinski definition) is 5. The fourth-order valence-electron chi connectivity index (χ4n) is 3.52. The van der Waals surface area contributed by atoms with Gasteiger partial charge in [-0.2, -0.15) is 0 Å². The number of carbonyl (C=O) groups is 1. The number of nitrogens with zero attached hydrogens (tertiary/aromatic N) is 2. The van der Waals surface area contributed by atoms with E-state index in [1.54, 1.807) is 20.8 Å². The van der Waals surface area contributed by atoms with Crippen LogP contribution < -0.4 is 5.56 Å². The number of esters is 1. The van der Waals surface area contributed by atoms with Crippen LogP contribution in [0.15, 0.2) is 35.1 Å². The SMILES string of the molecule is CCCc1nc2sc(C)c(-c3ccccc3)c2c(=O)n1C(C)(C)C(=O)OCC. The zero-order chi connectivity index (χ0) is 20.5. The summed E-state index contributed by atoms with van der Waals surface area (Å²) in [5, 5.41) is 0.575. The summed E-state index contributed by atoms with van der Waals surface area (Å²) in [7, 11) is 0. The molecule has 0 saturated carbocycles. The van der Waals surface area contributed by atoms with Crippen molar-refractivity contribution in [1.29, 1.82) is 0 Å². The van der Waals surface area contributed by atoms with Crippen LogP contribution >= 0.6 is 11.3 Å². The number of fused-ring (bicyclic) bond motifs is 1. The van der Waals surface area contributed by atoms with Crippen molar-refractivity contribution in [2.45, 2.75) is 53.0 Å². The summed E-state index contributed by atoms with van der Waals surface area (Å²) in [5.41, 5.74) is 0.556. The van der Waals surface area contributed by atoms with Crippen molar-refractivity contribution in [2.75, 3.05) is 6.61 Å². The average Bonchev–Trinajstić information content (AvgIpc) is 2.99. The molecule has 5 nitrogen and oxygen atoms in total. The monoisotopic (exact) mass is 398 g/mol. The maximum atomic E-state index is 13.7. The van der Waals surface area contributed by atoms with Crippen molar-refractivity contribution in [3.8, 4) is 11.1 Å². The second-order valence-corrected chi connectivity index (χ2v) is 8.48. The van der Waals surface area contributed by atoms with E-state index in [2.05, 4.69) is 0 Å². The molecule has 6 heteroatoms. The van der Waals surface area contributed by atoms with E-state index in [-0.39, 0.29) is 12.2 Å². The number of rotatable bonds is 6. The second kappa shape index (κ2) is 7.87. The lowest BCUT2D eigenvalue weighted by atomic mass is 10.0. The molecular formula is C22H26N2O3S. The van der Waals surface area contributed by atoms with Gasteiger partial charge in [0.15, 0.2) is 0 Å². The Morgan fingerprint density at radius 1 is 1.21 bits per heavy atom. The van der Waals surface area contributed by atoms with Gasteiger partial charge in [0, 0.05) is 16.9 Å². The summed E-state index contributed by atoms with van der Waals surface area (Å²) in [6.45, 7) is 9.52. The first-order valence-electron chi connectivity index (χ1n) is 9.61. The number of aryl methyl sites for hydroxylation is 2. The Balaban J connectivity index is 2.37. The summed E-state index contributed by atoms with van der Waals surface area (Å²) >= 11 is 1.53. The normalized spacial score (nSPS) is 11.8. The molecule has 0 aliphatic heterocycles. The number of carbonyl (C=O) groups excluding carboxylic acids is 1. The molecule has 2 heterocycles. The van der Waals surface area contributed by atoms with Crippen molar-refractivity contribution in [3.05, 3.63) is 51.4 Å². The molecule has 0 saturated heterocycles. The number of hydrogen-bond donors (Lipinski definition) is 0. The van der Waals surface area contributed by atoms with Crippen LogP contribution in [0.1, 0.15) is 44.8 Å². The number of ether oxygens (including phenoxy) is 1. The molecule has 0 atom stereocenters. The Labute approximate surface area is 169 Å². The molecule has 0 aliphatic carbocycles. The van der Waals surface area contributed by atoms with Crippen molar-refractivity contribution in [3.63, 3.8) is 0 Å². The number of benzene rings is 1. The Bertz CT molecular complexity index is 1060. The molecule has 2 aromatic heterocycles. The van der Waals surface area contributed by atoms with Gasteiger partial charge in [-0.05, 0) is 39.7 Å². The molecule has 3 rings (SSSR count). The highest BCUT2D eigenvalue weighted by molar-refractivity contribution is 7.19. The van der Waals surface area contributed by atoms with Gasteiger partial charge in [0.25, 0.3) is 5.56 Å². The van der Waals surface area contributed by atoms with Crippen LogP contribution in [0.3, 0.4) is 0 Å². The van der Waals surface area contributed by atoms with E-state index < -0.39 is 11.5 Å². The molecule has 0 fully saturated rings. The number of aromatic nitrogens is 2. The quantitative estimate of drug-likeness (QED) is 0.566. The van der Waals surface area contributed by atoms with Gasteiger partial charge in [0.1, 0.15) is 16.2 Å². The third-order valence-corrected chi connectivity index (χ3v) is 5.84. The fourth-order valence-corrected chi connectivity index (χ4v) is 4.58. The summed E-state index contributed by atoms with van der Waals surface area (Å²) in [4.78, 5) is 33.0. The van der Waals surface area contributed by atoms with Crippen LogP contribution in [-0.4, -0.2) is 22.1 Å². The Morgan fingerprint density at radius 2 is 1.89 bits per heavy atom. The summed E-state index contributed by atoms with van der Waals surface area (Å²) in [6, 6.07) is 9.85. The van der Waals surface area contributed by atoms with Gasteiger partial charge in [-0.1, -0.05) is 37.3 Å². The van der Waals surface area contributed by atoms with Crippen LogP contribution in [0.2, 0.25) is 0 Å². The zero-order valence-electron chi connectivity index (χ0n) is 17.0.